The zero-order chi connectivity index (χ0) is 20.1. The van der Waals surface area contributed by atoms with Crippen LogP contribution in [0.15, 0.2) is 36.7 Å². The van der Waals surface area contributed by atoms with Crippen molar-refractivity contribution in [3.63, 3.8) is 0 Å². The second-order valence-corrected chi connectivity index (χ2v) is 7.39. The molecule has 28 heavy (non-hydrogen) atoms. The fourth-order valence-corrected chi connectivity index (χ4v) is 3.85. The highest BCUT2D eigenvalue weighted by atomic mass is 19.1. The zero-order valence-corrected chi connectivity index (χ0v) is 15.4. The Balaban J connectivity index is 1.82. The van der Waals surface area contributed by atoms with E-state index in [1.807, 2.05) is 18.7 Å². The lowest BCUT2D eigenvalue weighted by Crippen LogP contribution is -2.40. The number of benzene rings is 1. The molecule has 3 heterocycles. The van der Waals surface area contributed by atoms with Gasteiger partial charge in [0.15, 0.2) is 5.75 Å². The number of amides is 1. The minimum Gasteiger partial charge on any atom is -0.405 e. The number of nitrogens with two attached hydrogens (primary N) is 1. The van der Waals surface area contributed by atoms with Crippen LogP contribution in [-0.2, 0) is 0 Å². The molecule has 1 amide bonds. The van der Waals surface area contributed by atoms with E-state index < -0.39 is 17.7 Å². The van der Waals surface area contributed by atoms with E-state index in [0.717, 1.165) is 18.6 Å². The molecule has 1 aromatic carbocycles. The van der Waals surface area contributed by atoms with Gasteiger partial charge in [0.25, 0.3) is 0 Å². The Labute approximate surface area is 159 Å². The van der Waals surface area contributed by atoms with Gasteiger partial charge in [-0.1, -0.05) is 0 Å². The third-order valence-corrected chi connectivity index (χ3v) is 5.09. The van der Waals surface area contributed by atoms with E-state index in [2.05, 4.69) is 10.1 Å². The first-order valence-electron chi connectivity index (χ1n) is 8.82. The summed E-state index contributed by atoms with van der Waals surface area (Å²) in [6, 6.07) is 4.83. The molecule has 1 saturated heterocycles. The second-order valence-electron chi connectivity index (χ2n) is 7.39. The number of nitrogens with zero attached hydrogens (tertiary/aromatic N) is 4. The fraction of sp³-hybridized carbons (Fsp3) is 0.316. The number of primary amides is 1. The molecular formula is C19H19F2N5O2. The van der Waals surface area contributed by atoms with Crippen molar-refractivity contribution in [2.75, 3.05) is 4.90 Å². The molecule has 1 aliphatic heterocycles. The van der Waals surface area contributed by atoms with Crippen LogP contribution in [0.25, 0.3) is 5.65 Å². The third-order valence-electron chi connectivity index (χ3n) is 5.09. The van der Waals surface area contributed by atoms with Gasteiger partial charge < -0.3 is 15.4 Å². The summed E-state index contributed by atoms with van der Waals surface area (Å²) >= 11 is 0. The summed E-state index contributed by atoms with van der Waals surface area (Å²) in [7, 11) is 0. The van der Waals surface area contributed by atoms with Gasteiger partial charge in [0.05, 0.1) is 12.2 Å². The first-order valence-corrected chi connectivity index (χ1v) is 8.82. The summed E-state index contributed by atoms with van der Waals surface area (Å²) in [4.78, 5) is 17.6. The van der Waals surface area contributed by atoms with Gasteiger partial charge in [0.1, 0.15) is 17.5 Å². The Morgan fingerprint density at radius 1 is 1.32 bits per heavy atom. The summed E-state index contributed by atoms with van der Waals surface area (Å²) in [5, 5.41) is 4.07. The largest absolute Gasteiger partial charge is 0.410 e. The van der Waals surface area contributed by atoms with Crippen LogP contribution in [0.2, 0.25) is 0 Å². The first-order chi connectivity index (χ1) is 13.3. The molecule has 3 aromatic rings. The van der Waals surface area contributed by atoms with Crippen LogP contribution in [0.1, 0.15) is 38.3 Å². The highest BCUT2D eigenvalue weighted by molar-refractivity contribution is 5.71. The van der Waals surface area contributed by atoms with Crippen molar-refractivity contribution in [3.05, 3.63) is 53.9 Å². The zero-order valence-electron chi connectivity index (χ0n) is 15.4. The molecule has 7 nitrogen and oxygen atoms in total. The van der Waals surface area contributed by atoms with E-state index in [1.54, 1.807) is 12.3 Å². The van der Waals surface area contributed by atoms with Crippen molar-refractivity contribution in [2.45, 2.75) is 38.3 Å². The molecular weight excluding hydrogens is 368 g/mol. The molecule has 0 saturated carbocycles. The number of aromatic nitrogens is 3. The van der Waals surface area contributed by atoms with Crippen molar-refractivity contribution in [2.24, 2.45) is 5.73 Å². The first kappa shape index (κ1) is 18.1. The van der Waals surface area contributed by atoms with E-state index in [-0.39, 0.29) is 22.9 Å². The van der Waals surface area contributed by atoms with E-state index in [1.165, 1.54) is 16.8 Å². The normalized spacial score (nSPS) is 18.6. The van der Waals surface area contributed by atoms with Gasteiger partial charge in [-0.05, 0) is 51.0 Å². The number of hydrogen-bond acceptors (Lipinski definition) is 5. The number of carbonyl (C=O) groups excluding carboxylic acids is 1. The van der Waals surface area contributed by atoms with Crippen molar-refractivity contribution in [3.8, 4) is 5.75 Å². The van der Waals surface area contributed by atoms with Crippen molar-refractivity contribution < 1.29 is 18.3 Å². The average Bonchev–Trinajstić information content (AvgIpc) is 3.16. The molecule has 0 radical (unpaired) electrons. The number of fused-ring (bicyclic) bond motifs is 1. The maximum Gasteiger partial charge on any atom is 0.410 e. The fourth-order valence-electron chi connectivity index (χ4n) is 3.85. The number of rotatable bonds is 3. The van der Waals surface area contributed by atoms with E-state index in [4.69, 9.17) is 10.5 Å². The molecule has 2 aromatic heterocycles. The molecule has 9 heteroatoms. The number of hydrogen-bond donors (Lipinski definition) is 1. The Morgan fingerprint density at radius 2 is 2.11 bits per heavy atom. The Kier molecular flexibility index (Phi) is 4.17. The maximum atomic E-state index is 14.5. The monoisotopic (exact) mass is 387 g/mol. The van der Waals surface area contributed by atoms with Gasteiger partial charge in [-0.2, -0.15) is 5.10 Å². The molecule has 1 fully saturated rings. The Morgan fingerprint density at radius 3 is 2.86 bits per heavy atom. The predicted molar refractivity (Wildman–Crippen MR) is 98.1 cm³/mol. The molecule has 0 unspecified atom stereocenters. The lowest BCUT2D eigenvalue weighted by Gasteiger charge is -2.37. The molecule has 2 N–H and O–H groups in total. The summed E-state index contributed by atoms with van der Waals surface area (Å²) in [6.45, 7) is 4.04. The van der Waals surface area contributed by atoms with Gasteiger partial charge >= 0.3 is 6.09 Å². The van der Waals surface area contributed by atoms with Crippen LogP contribution in [0.4, 0.5) is 19.4 Å². The smallest absolute Gasteiger partial charge is 0.405 e. The van der Waals surface area contributed by atoms with Gasteiger partial charge in [-0.3, -0.25) is 0 Å². The lowest BCUT2D eigenvalue weighted by molar-refractivity contribution is 0.211. The summed E-state index contributed by atoms with van der Waals surface area (Å²) in [6.07, 6.45) is 3.45. The molecule has 0 aliphatic carbocycles. The van der Waals surface area contributed by atoms with Gasteiger partial charge in [-0.25, -0.2) is 23.1 Å². The maximum absolute atomic E-state index is 14.5. The van der Waals surface area contributed by atoms with E-state index >= 15 is 0 Å². The highest BCUT2D eigenvalue weighted by Crippen LogP contribution is 2.45. The third kappa shape index (κ3) is 3.02. The van der Waals surface area contributed by atoms with E-state index in [9.17, 15) is 13.6 Å². The minimum absolute atomic E-state index is 0.125. The van der Waals surface area contributed by atoms with Crippen molar-refractivity contribution >= 4 is 17.6 Å². The van der Waals surface area contributed by atoms with Crippen LogP contribution in [0.5, 0.6) is 5.75 Å². The molecule has 1 aliphatic rings. The summed E-state index contributed by atoms with van der Waals surface area (Å²) < 4.78 is 34.7. The van der Waals surface area contributed by atoms with E-state index in [0.29, 0.717) is 17.9 Å². The van der Waals surface area contributed by atoms with Crippen LogP contribution in [-0.4, -0.2) is 26.2 Å². The number of halogens is 2. The molecule has 4 rings (SSSR count). The van der Waals surface area contributed by atoms with Crippen molar-refractivity contribution in [1.29, 1.82) is 0 Å². The minimum atomic E-state index is -0.969. The molecule has 1 atom stereocenters. The van der Waals surface area contributed by atoms with Crippen molar-refractivity contribution in [1.82, 2.24) is 14.6 Å². The molecule has 146 valence electrons. The topological polar surface area (TPSA) is 85.8 Å². The Bertz CT molecular complexity index is 1070. The Hall–Kier alpha value is -3.23. The standard InChI is InChI=1S/C19H19F2N5O2/c1-19(2)7-5-14(12-9-11(20)3-4-13(12)21)26(19)16-6-8-25-17(24-16)15(10-23-25)28-18(22)27/h3-4,6,8-10,14H,5,7H2,1-2H3,(H2,22,27)/t14-/m1/s1. The SMILES string of the molecule is CC1(C)CC[C@H](c2cc(F)ccc2F)N1c1ccn2ncc(OC(N)=O)c2n1. The van der Waals surface area contributed by atoms with Crippen LogP contribution >= 0.6 is 0 Å². The van der Waals surface area contributed by atoms with Gasteiger partial charge in [0, 0.05) is 17.3 Å². The van der Waals surface area contributed by atoms with Crippen LogP contribution in [0.3, 0.4) is 0 Å². The lowest BCUT2D eigenvalue weighted by atomic mass is 10.0. The highest BCUT2D eigenvalue weighted by Gasteiger charge is 2.42. The second kappa shape index (κ2) is 6.43. The molecule has 0 spiro atoms. The number of anilines is 1. The van der Waals surface area contributed by atoms with Gasteiger partial charge in [-0.15, -0.1) is 0 Å². The predicted octanol–water partition coefficient (Wildman–Crippen LogP) is 3.59. The number of carbonyl (C=O) groups is 1. The van der Waals surface area contributed by atoms with Crippen LogP contribution in [0, 0.1) is 11.6 Å². The summed E-state index contributed by atoms with van der Waals surface area (Å²) in [5.41, 5.74) is 5.34. The molecule has 0 bridgehead atoms. The summed E-state index contributed by atoms with van der Waals surface area (Å²) in [5.74, 6) is -0.284. The number of ether oxygens (including phenoxy) is 1. The average molecular weight is 387 g/mol. The quantitative estimate of drug-likeness (QED) is 0.742. The van der Waals surface area contributed by atoms with Gasteiger partial charge in [0.2, 0.25) is 5.65 Å². The van der Waals surface area contributed by atoms with Crippen LogP contribution < -0.4 is 15.4 Å².